The Labute approximate surface area is 158 Å². The molecule has 3 aromatic rings. The molecule has 1 aromatic heterocycles. The lowest BCUT2D eigenvalue weighted by atomic mass is 10.1. The minimum atomic E-state index is 0.125. The number of methoxy groups -OCH3 is 1. The van der Waals surface area contributed by atoms with E-state index in [2.05, 4.69) is 26.7 Å². The fourth-order valence-electron chi connectivity index (χ4n) is 2.85. The highest BCUT2D eigenvalue weighted by Gasteiger charge is 2.08. The Hall–Kier alpha value is -3.28. The Morgan fingerprint density at radius 1 is 1.07 bits per heavy atom. The van der Waals surface area contributed by atoms with E-state index in [1.54, 1.807) is 6.07 Å². The number of hydrogen-bond donors (Lipinski definition) is 3. The third kappa shape index (κ3) is 4.47. The monoisotopic (exact) mass is 364 g/mol. The predicted molar refractivity (Wildman–Crippen MR) is 108 cm³/mol. The van der Waals surface area contributed by atoms with Crippen LogP contribution in [0.1, 0.15) is 18.1 Å². The molecule has 0 spiro atoms. The minimum absolute atomic E-state index is 0.125. The summed E-state index contributed by atoms with van der Waals surface area (Å²) in [5, 5.41) is 17.9. The van der Waals surface area contributed by atoms with Gasteiger partial charge in [-0.3, -0.25) is 4.98 Å². The van der Waals surface area contributed by atoms with Crippen LogP contribution in [0, 0.1) is 0 Å². The number of rotatable bonds is 6. The van der Waals surface area contributed by atoms with Gasteiger partial charge in [0.2, 0.25) is 0 Å². The smallest absolute Gasteiger partial charge is 0.191 e. The first-order valence-corrected chi connectivity index (χ1v) is 8.92. The second kappa shape index (κ2) is 8.89. The van der Waals surface area contributed by atoms with Crippen molar-refractivity contribution in [2.24, 2.45) is 4.99 Å². The molecule has 0 radical (unpaired) electrons. The van der Waals surface area contributed by atoms with Crippen LogP contribution in [0.25, 0.3) is 10.9 Å². The molecule has 27 heavy (non-hydrogen) atoms. The first-order chi connectivity index (χ1) is 13.2. The van der Waals surface area contributed by atoms with E-state index in [0.717, 1.165) is 23.0 Å². The second-order valence-electron chi connectivity index (χ2n) is 6.00. The molecule has 3 N–H and O–H groups in total. The maximum atomic E-state index is 10.2. The van der Waals surface area contributed by atoms with Crippen LogP contribution < -0.4 is 15.4 Å². The topological polar surface area (TPSA) is 78.8 Å². The highest BCUT2D eigenvalue weighted by Crippen LogP contribution is 2.29. The quantitative estimate of drug-likeness (QED) is 0.462. The van der Waals surface area contributed by atoms with Gasteiger partial charge < -0.3 is 20.5 Å². The number of fused-ring (bicyclic) bond motifs is 1. The number of nitrogens with zero attached hydrogens (tertiary/aromatic N) is 2. The highest BCUT2D eigenvalue weighted by molar-refractivity contribution is 5.83. The molecular weight excluding hydrogens is 340 g/mol. The van der Waals surface area contributed by atoms with E-state index >= 15 is 0 Å². The lowest BCUT2D eigenvalue weighted by molar-refractivity contribution is 0.370. The van der Waals surface area contributed by atoms with Crippen LogP contribution >= 0.6 is 0 Å². The molecule has 0 aliphatic carbocycles. The number of phenols is 1. The molecular formula is C21H24N4O2. The standard InChI is InChI=1S/C21H24N4O2/c1-3-22-21(25-14-16-7-6-10-19(27-2)20(16)26)24-13-15-11-12-23-18-9-5-4-8-17(15)18/h4-12,26H,3,13-14H2,1-2H3,(H2,22,24,25). The number of phenolic OH excluding ortho intramolecular Hbond substituents is 1. The number of guanidine groups is 1. The number of benzene rings is 2. The molecule has 0 atom stereocenters. The molecule has 2 aromatic carbocycles. The number of pyridine rings is 1. The van der Waals surface area contributed by atoms with Crippen molar-refractivity contribution in [1.82, 2.24) is 15.6 Å². The zero-order valence-electron chi connectivity index (χ0n) is 15.6. The molecule has 0 aliphatic heterocycles. The van der Waals surface area contributed by atoms with Crippen LogP contribution in [0.4, 0.5) is 0 Å². The minimum Gasteiger partial charge on any atom is -0.504 e. The van der Waals surface area contributed by atoms with Crippen molar-refractivity contribution >= 4 is 16.9 Å². The highest BCUT2D eigenvalue weighted by atomic mass is 16.5. The van der Waals surface area contributed by atoms with Crippen LogP contribution in [-0.4, -0.2) is 29.7 Å². The van der Waals surface area contributed by atoms with Gasteiger partial charge in [0.25, 0.3) is 0 Å². The molecule has 0 aliphatic rings. The second-order valence-corrected chi connectivity index (χ2v) is 6.00. The van der Waals surface area contributed by atoms with Gasteiger partial charge in [-0.25, -0.2) is 4.99 Å². The summed E-state index contributed by atoms with van der Waals surface area (Å²) in [5.74, 6) is 1.25. The normalized spacial score (nSPS) is 11.4. The summed E-state index contributed by atoms with van der Waals surface area (Å²) in [5.41, 5.74) is 2.83. The fourth-order valence-corrected chi connectivity index (χ4v) is 2.85. The van der Waals surface area contributed by atoms with Crippen LogP contribution in [0.15, 0.2) is 59.7 Å². The summed E-state index contributed by atoms with van der Waals surface area (Å²) >= 11 is 0. The third-order valence-corrected chi connectivity index (χ3v) is 4.24. The molecule has 0 saturated heterocycles. The molecule has 1 heterocycles. The van der Waals surface area contributed by atoms with Gasteiger partial charge in [-0.2, -0.15) is 0 Å². The Morgan fingerprint density at radius 3 is 2.74 bits per heavy atom. The van der Waals surface area contributed by atoms with Gasteiger partial charge in [-0.15, -0.1) is 0 Å². The maximum Gasteiger partial charge on any atom is 0.191 e. The van der Waals surface area contributed by atoms with Gasteiger partial charge >= 0.3 is 0 Å². The molecule has 6 nitrogen and oxygen atoms in total. The Kier molecular flexibility index (Phi) is 6.10. The summed E-state index contributed by atoms with van der Waals surface area (Å²) in [6.45, 7) is 3.73. The summed E-state index contributed by atoms with van der Waals surface area (Å²) in [6, 6.07) is 15.5. The van der Waals surface area contributed by atoms with Gasteiger partial charge in [-0.1, -0.05) is 30.3 Å². The van der Waals surface area contributed by atoms with Gasteiger partial charge in [0.15, 0.2) is 17.5 Å². The lowest BCUT2D eigenvalue weighted by Crippen LogP contribution is -2.36. The number of hydrogen-bond acceptors (Lipinski definition) is 4. The van der Waals surface area contributed by atoms with Crippen LogP contribution in [0.3, 0.4) is 0 Å². The van der Waals surface area contributed by atoms with Crippen LogP contribution in [0.2, 0.25) is 0 Å². The van der Waals surface area contributed by atoms with Crippen molar-refractivity contribution in [3.63, 3.8) is 0 Å². The van der Waals surface area contributed by atoms with Crippen molar-refractivity contribution in [1.29, 1.82) is 0 Å². The maximum absolute atomic E-state index is 10.2. The summed E-state index contributed by atoms with van der Waals surface area (Å²) in [4.78, 5) is 8.97. The Balaban J connectivity index is 1.75. The van der Waals surface area contributed by atoms with Crippen LogP contribution in [-0.2, 0) is 13.1 Å². The van der Waals surface area contributed by atoms with E-state index in [1.807, 2.05) is 49.5 Å². The summed E-state index contributed by atoms with van der Waals surface area (Å²) < 4.78 is 5.15. The summed E-state index contributed by atoms with van der Waals surface area (Å²) in [7, 11) is 1.53. The van der Waals surface area contributed by atoms with Crippen molar-refractivity contribution in [2.75, 3.05) is 13.7 Å². The zero-order valence-corrected chi connectivity index (χ0v) is 15.6. The lowest BCUT2D eigenvalue weighted by Gasteiger charge is -2.13. The van der Waals surface area contributed by atoms with E-state index < -0.39 is 0 Å². The molecule has 3 rings (SSSR count). The number of aromatic hydroxyl groups is 1. The molecule has 0 unspecified atom stereocenters. The van der Waals surface area contributed by atoms with E-state index in [4.69, 9.17) is 4.74 Å². The van der Waals surface area contributed by atoms with Crippen LogP contribution in [0.5, 0.6) is 11.5 Å². The average Bonchev–Trinajstić information content (AvgIpc) is 2.71. The van der Waals surface area contributed by atoms with Crippen molar-refractivity contribution < 1.29 is 9.84 Å². The van der Waals surface area contributed by atoms with E-state index in [1.165, 1.54) is 7.11 Å². The first kappa shape index (κ1) is 18.5. The van der Waals surface area contributed by atoms with Crippen molar-refractivity contribution in [3.8, 4) is 11.5 Å². The molecule has 0 amide bonds. The van der Waals surface area contributed by atoms with E-state index in [-0.39, 0.29) is 5.75 Å². The van der Waals surface area contributed by atoms with Crippen molar-refractivity contribution in [2.45, 2.75) is 20.0 Å². The predicted octanol–water partition coefficient (Wildman–Crippen LogP) is 3.20. The molecule has 6 heteroatoms. The summed E-state index contributed by atoms with van der Waals surface area (Å²) in [6.07, 6.45) is 1.82. The Bertz CT molecular complexity index is 935. The van der Waals surface area contributed by atoms with E-state index in [0.29, 0.717) is 30.4 Å². The van der Waals surface area contributed by atoms with Gasteiger partial charge in [0.05, 0.1) is 19.2 Å². The van der Waals surface area contributed by atoms with Gasteiger partial charge in [0, 0.05) is 30.2 Å². The SMILES string of the molecule is CCNC(=NCc1cccc(OC)c1O)NCc1ccnc2ccccc12. The van der Waals surface area contributed by atoms with Gasteiger partial charge in [0.1, 0.15) is 0 Å². The number of aliphatic imine (C=N–C) groups is 1. The first-order valence-electron chi connectivity index (χ1n) is 8.92. The zero-order chi connectivity index (χ0) is 19.1. The fraction of sp³-hybridized carbons (Fsp3) is 0.238. The number of nitrogens with one attached hydrogen (secondary N) is 2. The molecule has 0 fully saturated rings. The number of ether oxygens (including phenoxy) is 1. The molecule has 140 valence electrons. The number of para-hydroxylation sites is 2. The number of aromatic nitrogens is 1. The van der Waals surface area contributed by atoms with E-state index in [9.17, 15) is 5.11 Å². The largest absolute Gasteiger partial charge is 0.504 e. The molecule has 0 bridgehead atoms. The molecule has 0 saturated carbocycles. The van der Waals surface area contributed by atoms with Gasteiger partial charge in [-0.05, 0) is 30.7 Å². The average molecular weight is 364 g/mol. The van der Waals surface area contributed by atoms with Crippen molar-refractivity contribution in [3.05, 3.63) is 65.9 Å². The Morgan fingerprint density at radius 2 is 1.93 bits per heavy atom. The third-order valence-electron chi connectivity index (χ3n) is 4.24.